The molecule has 0 aliphatic heterocycles. The van der Waals surface area contributed by atoms with E-state index in [1.54, 1.807) is 12.1 Å². The van der Waals surface area contributed by atoms with E-state index < -0.39 is 22.5 Å². The Kier molecular flexibility index (Phi) is 8.32. The molecule has 0 heterocycles. The molecule has 1 fully saturated rings. The highest BCUT2D eigenvalue weighted by Crippen LogP contribution is 2.36. The van der Waals surface area contributed by atoms with E-state index >= 15 is 0 Å². The number of benzene rings is 2. The fourth-order valence-electron chi connectivity index (χ4n) is 4.07. The zero-order valence-electron chi connectivity index (χ0n) is 19.9. The molecular weight excluding hydrogens is 493 g/mol. The van der Waals surface area contributed by atoms with Crippen LogP contribution in [0.1, 0.15) is 52.0 Å². The molecule has 1 saturated carbocycles. The van der Waals surface area contributed by atoms with Crippen molar-refractivity contribution in [2.45, 2.75) is 58.3 Å². The van der Waals surface area contributed by atoms with Crippen molar-refractivity contribution in [2.24, 2.45) is 16.4 Å². The van der Waals surface area contributed by atoms with Gasteiger partial charge in [-0.05, 0) is 74.3 Å². The van der Waals surface area contributed by atoms with Crippen molar-refractivity contribution in [3.05, 3.63) is 58.1 Å². The van der Waals surface area contributed by atoms with E-state index in [1.807, 2.05) is 6.92 Å². The lowest BCUT2D eigenvalue weighted by molar-refractivity contribution is -0.119. The fourth-order valence-corrected chi connectivity index (χ4v) is 5.99. The number of carbonyl (C=O) groups is 1. The van der Waals surface area contributed by atoms with Crippen LogP contribution in [0.3, 0.4) is 0 Å². The summed E-state index contributed by atoms with van der Waals surface area (Å²) in [6, 6.07) is 10.9. The molecule has 1 amide bonds. The van der Waals surface area contributed by atoms with E-state index in [2.05, 4.69) is 31.3 Å². The van der Waals surface area contributed by atoms with Crippen molar-refractivity contribution in [3.63, 3.8) is 0 Å². The molecule has 0 spiro atoms. The highest BCUT2D eigenvalue weighted by atomic mass is 35.5. The minimum Gasteiger partial charge on any atom is -0.271 e. The van der Waals surface area contributed by atoms with Crippen LogP contribution in [-0.2, 0) is 14.8 Å². The predicted octanol–water partition coefficient (Wildman–Crippen LogP) is 6.21. The predicted molar refractivity (Wildman–Crippen MR) is 139 cm³/mol. The summed E-state index contributed by atoms with van der Waals surface area (Å²) >= 11 is 12.3. The fraction of sp³-hybridized carbons (Fsp3) is 0.440. The smallest absolute Gasteiger partial charge is 0.264 e. The van der Waals surface area contributed by atoms with E-state index in [0.717, 1.165) is 41.3 Å². The normalized spacial score (nSPS) is 16.8. The topological polar surface area (TPSA) is 78.8 Å². The first-order valence-electron chi connectivity index (χ1n) is 11.3. The van der Waals surface area contributed by atoms with E-state index in [-0.39, 0.29) is 26.0 Å². The standard InChI is InChI=1S/C25H31Cl2N3O3S/c1-17-5-11-23(12-6-17)34(32,33)30(22-14-19(26)13-20(27)15-22)16-24(31)29-28-21-9-7-18(8-10-21)25(2,3)4/h5-6,11-15,18H,7-10,16H2,1-4H3,(H,29,31). The van der Waals surface area contributed by atoms with Gasteiger partial charge in [0.15, 0.2) is 0 Å². The summed E-state index contributed by atoms with van der Waals surface area (Å²) in [5, 5.41) is 4.82. The number of carbonyl (C=O) groups excluding carboxylic acids is 1. The highest BCUT2D eigenvalue weighted by molar-refractivity contribution is 7.92. The zero-order chi connectivity index (χ0) is 25.1. The molecule has 34 heavy (non-hydrogen) atoms. The zero-order valence-corrected chi connectivity index (χ0v) is 22.3. The summed E-state index contributed by atoms with van der Waals surface area (Å²) in [5.41, 5.74) is 4.84. The van der Waals surface area contributed by atoms with Crippen LogP contribution in [0.4, 0.5) is 5.69 Å². The van der Waals surface area contributed by atoms with Crippen LogP contribution in [0, 0.1) is 18.3 Å². The van der Waals surface area contributed by atoms with Gasteiger partial charge in [-0.15, -0.1) is 0 Å². The summed E-state index contributed by atoms with van der Waals surface area (Å²) in [4.78, 5) is 12.9. The first-order chi connectivity index (χ1) is 15.9. The molecule has 1 aliphatic carbocycles. The number of nitrogens with one attached hydrogen (secondary N) is 1. The van der Waals surface area contributed by atoms with E-state index in [0.29, 0.717) is 5.92 Å². The Morgan fingerprint density at radius 2 is 1.62 bits per heavy atom. The van der Waals surface area contributed by atoms with E-state index in [9.17, 15) is 13.2 Å². The molecule has 0 saturated heterocycles. The largest absolute Gasteiger partial charge is 0.271 e. The molecule has 0 unspecified atom stereocenters. The lowest BCUT2D eigenvalue weighted by Gasteiger charge is -2.34. The van der Waals surface area contributed by atoms with Gasteiger partial charge in [0, 0.05) is 15.8 Å². The Morgan fingerprint density at radius 3 is 2.15 bits per heavy atom. The molecule has 6 nitrogen and oxygen atoms in total. The van der Waals surface area contributed by atoms with Gasteiger partial charge in [0.25, 0.3) is 15.9 Å². The van der Waals surface area contributed by atoms with Crippen LogP contribution in [0.2, 0.25) is 10.0 Å². The second kappa shape index (κ2) is 10.7. The van der Waals surface area contributed by atoms with Crippen molar-refractivity contribution in [1.29, 1.82) is 0 Å². The second-order valence-electron chi connectivity index (χ2n) is 9.81. The van der Waals surface area contributed by atoms with Gasteiger partial charge in [0.2, 0.25) is 0 Å². The third kappa shape index (κ3) is 6.74. The summed E-state index contributed by atoms with van der Waals surface area (Å²) in [6.45, 7) is 8.13. The Balaban J connectivity index is 1.81. The van der Waals surface area contributed by atoms with Gasteiger partial charge in [-0.2, -0.15) is 5.10 Å². The van der Waals surface area contributed by atoms with Crippen molar-refractivity contribution in [2.75, 3.05) is 10.8 Å². The minimum absolute atomic E-state index is 0.0637. The maximum atomic E-state index is 13.5. The van der Waals surface area contributed by atoms with Gasteiger partial charge in [0.05, 0.1) is 10.6 Å². The van der Waals surface area contributed by atoms with Crippen molar-refractivity contribution >= 4 is 50.5 Å². The van der Waals surface area contributed by atoms with Gasteiger partial charge in [0.1, 0.15) is 6.54 Å². The molecule has 184 valence electrons. The Hall–Kier alpha value is -2.09. The van der Waals surface area contributed by atoms with Crippen LogP contribution in [0.25, 0.3) is 0 Å². The molecule has 0 radical (unpaired) electrons. The SMILES string of the molecule is Cc1ccc(S(=O)(=O)N(CC(=O)NN=C2CCC(C(C)(C)C)CC2)c2cc(Cl)cc(Cl)c2)cc1. The van der Waals surface area contributed by atoms with Crippen LogP contribution >= 0.6 is 23.2 Å². The lowest BCUT2D eigenvalue weighted by atomic mass is 9.72. The van der Waals surface area contributed by atoms with Crippen molar-refractivity contribution < 1.29 is 13.2 Å². The number of hydrazone groups is 1. The lowest BCUT2D eigenvalue weighted by Crippen LogP contribution is -2.40. The van der Waals surface area contributed by atoms with Gasteiger partial charge in [-0.1, -0.05) is 61.7 Å². The Morgan fingerprint density at radius 1 is 1.06 bits per heavy atom. The maximum absolute atomic E-state index is 13.5. The third-order valence-corrected chi connectivity index (χ3v) is 8.38. The van der Waals surface area contributed by atoms with Gasteiger partial charge in [-0.25, -0.2) is 13.8 Å². The van der Waals surface area contributed by atoms with E-state index in [4.69, 9.17) is 23.2 Å². The quantitative estimate of drug-likeness (QED) is 0.457. The third-order valence-electron chi connectivity index (χ3n) is 6.16. The Bertz CT molecular complexity index is 1140. The molecular formula is C25H31Cl2N3O3S. The van der Waals surface area contributed by atoms with Crippen LogP contribution in [0.5, 0.6) is 0 Å². The number of amides is 1. The number of nitrogens with zero attached hydrogens (tertiary/aromatic N) is 2. The molecule has 1 N–H and O–H groups in total. The number of halogens is 2. The minimum atomic E-state index is -4.06. The number of anilines is 1. The monoisotopic (exact) mass is 523 g/mol. The maximum Gasteiger partial charge on any atom is 0.264 e. The van der Waals surface area contributed by atoms with Gasteiger partial charge >= 0.3 is 0 Å². The number of sulfonamides is 1. The molecule has 1 aliphatic rings. The first kappa shape index (κ1) is 26.5. The molecule has 0 atom stereocenters. The molecule has 2 aromatic rings. The number of hydrogen-bond donors (Lipinski definition) is 1. The van der Waals surface area contributed by atoms with Gasteiger partial charge < -0.3 is 0 Å². The summed E-state index contributed by atoms with van der Waals surface area (Å²) in [6.07, 6.45) is 3.68. The van der Waals surface area contributed by atoms with Crippen molar-refractivity contribution in [1.82, 2.24) is 5.43 Å². The molecule has 0 aromatic heterocycles. The second-order valence-corrected chi connectivity index (χ2v) is 12.5. The average molecular weight is 525 g/mol. The van der Waals surface area contributed by atoms with E-state index in [1.165, 1.54) is 30.3 Å². The van der Waals surface area contributed by atoms with Crippen LogP contribution in [-0.4, -0.2) is 26.6 Å². The van der Waals surface area contributed by atoms with Crippen LogP contribution < -0.4 is 9.73 Å². The average Bonchev–Trinajstić information content (AvgIpc) is 2.75. The summed E-state index contributed by atoms with van der Waals surface area (Å²) in [7, 11) is -4.06. The van der Waals surface area contributed by atoms with Crippen molar-refractivity contribution in [3.8, 4) is 0 Å². The molecule has 3 rings (SSSR count). The number of rotatable bonds is 6. The Labute approximate surface area is 212 Å². The summed E-state index contributed by atoms with van der Waals surface area (Å²) < 4.78 is 27.9. The summed E-state index contributed by atoms with van der Waals surface area (Å²) in [5.74, 6) is 0.0714. The molecule has 9 heteroatoms. The first-order valence-corrected chi connectivity index (χ1v) is 13.5. The molecule has 0 bridgehead atoms. The molecule has 2 aromatic carbocycles. The number of aryl methyl sites for hydroxylation is 1. The highest BCUT2D eigenvalue weighted by Gasteiger charge is 2.29. The number of hydrogen-bond acceptors (Lipinski definition) is 4. The van der Waals surface area contributed by atoms with Gasteiger partial charge in [-0.3, -0.25) is 9.10 Å². The van der Waals surface area contributed by atoms with Crippen LogP contribution in [0.15, 0.2) is 52.5 Å².